The number of alkyl halides is 1. The molecule has 1 N–H and O–H groups in total. The molecule has 4 rings (SSSR count). The van der Waals surface area contributed by atoms with Gasteiger partial charge in [-0.3, -0.25) is 14.3 Å². The van der Waals surface area contributed by atoms with E-state index in [1.54, 1.807) is 0 Å². The summed E-state index contributed by atoms with van der Waals surface area (Å²) in [5.41, 5.74) is -1.30. The van der Waals surface area contributed by atoms with Gasteiger partial charge in [0.05, 0.1) is 6.61 Å². The Balaban J connectivity index is 1.49. The molecule has 3 aliphatic rings. The third-order valence-corrected chi connectivity index (χ3v) is 5.42. The summed E-state index contributed by atoms with van der Waals surface area (Å²) in [5.74, 6) is 0. The van der Waals surface area contributed by atoms with E-state index in [1.165, 1.54) is 6.20 Å². The van der Waals surface area contributed by atoms with Crippen LogP contribution < -0.4 is 11.2 Å². The first-order valence-electron chi connectivity index (χ1n) is 10.2. The van der Waals surface area contributed by atoms with Gasteiger partial charge in [0.2, 0.25) is 0 Å². The molecule has 162 valence electrons. The minimum atomic E-state index is -1.63. The Bertz CT molecular complexity index is 772. The van der Waals surface area contributed by atoms with Crippen LogP contribution in [0.15, 0.2) is 21.9 Å². The van der Waals surface area contributed by atoms with Crippen molar-refractivity contribution in [3.05, 3.63) is 33.1 Å². The van der Waals surface area contributed by atoms with Gasteiger partial charge in [-0.15, -0.1) is 0 Å². The van der Waals surface area contributed by atoms with Gasteiger partial charge < -0.3 is 23.7 Å². The lowest BCUT2D eigenvalue weighted by Gasteiger charge is -2.29. The number of hydrogen-bond acceptors (Lipinski definition) is 7. The zero-order valence-electron chi connectivity index (χ0n) is 16.2. The van der Waals surface area contributed by atoms with Gasteiger partial charge in [-0.2, -0.15) is 0 Å². The maximum atomic E-state index is 15.3. The molecule has 1 aromatic heterocycles. The van der Waals surface area contributed by atoms with E-state index < -0.39 is 42.1 Å². The molecule has 10 heteroatoms. The summed E-state index contributed by atoms with van der Waals surface area (Å²) >= 11 is 0. The van der Waals surface area contributed by atoms with Crippen LogP contribution in [0.25, 0.3) is 0 Å². The highest BCUT2D eigenvalue weighted by Gasteiger charge is 2.49. The molecule has 4 heterocycles. The standard InChI is InChI=1S/C19H27FN2O7/c20-16-17(29-15-6-2-4-10-26-15)12(11-27-14-5-1-3-9-25-14)28-18(16)22-8-7-13(23)21-19(22)24/h7-8,12,14-18H,1-6,9-11H2,(H,21,23,24). The lowest BCUT2D eigenvalue weighted by atomic mass is 10.1. The molecule has 0 bridgehead atoms. The first-order chi connectivity index (χ1) is 14.1. The third-order valence-electron chi connectivity index (χ3n) is 5.42. The van der Waals surface area contributed by atoms with Gasteiger partial charge in [0.1, 0.15) is 12.2 Å². The van der Waals surface area contributed by atoms with Crippen molar-refractivity contribution in [2.75, 3.05) is 19.8 Å². The zero-order valence-corrected chi connectivity index (χ0v) is 16.2. The summed E-state index contributed by atoms with van der Waals surface area (Å²) in [4.78, 5) is 25.6. The Morgan fingerprint density at radius 2 is 1.83 bits per heavy atom. The molecule has 0 saturated carbocycles. The van der Waals surface area contributed by atoms with Gasteiger partial charge in [-0.25, -0.2) is 9.18 Å². The Labute approximate surface area is 167 Å². The third kappa shape index (κ3) is 4.95. The molecule has 0 radical (unpaired) electrons. The van der Waals surface area contributed by atoms with Crippen molar-refractivity contribution in [1.29, 1.82) is 0 Å². The monoisotopic (exact) mass is 414 g/mol. The second-order valence-electron chi connectivity index (χ2n) is 7.55. The van der Waals surface area contributed by atoms with Gasteiger partial charge in [-0.05, 0) is 38.5 Å². The van der Waals surface area contributed by atoms with Crippen molar-refractivity contribution in [2.45, 2.75) is 75.7 Å². The minimum Gasteiger partial charge on any atom is -0.353 e. The SMILES string of the molecule is O=c1ccn(C2OC(COC3CCCCO3)C(OC3CCCCO3)C2F)c(=O)[nH]1. The van der Waals surface area contributed by atoms with Crippen LogP contribution in [0, 0.1) is 0 Å². The van der Waals surface area contributed by atoms with Gasteiger partial charge in [0, 0.05) is 25.5 Å². The number of nitrogens with zero attached hydrogens (tertiary/aromatic N) is 1. The molecule has 3 saturated heterocycles. The van der Waals surface area contributed by atoms with Crippen LogP contribution in [0.4, 0.5) is 4.39 Å². The highest BCUT2D eigenvalue weighted by Crippen LogP contribution is 2.35. The summed E-state index contributed by atoms with van der Waals surface area (Å²) in [6.07, 6.45) is 1.10. The summed E-state index contributed by atoms with van der Waals surface area (Å²) in [5, 5.41) is 0. The van der Waals surface area contributed by atoms with E-state index in [4.69, 9.17) is 23.7 Å². The van der Waals surface area contributed by atoms with Crippen LogP contribution in [0.3, 0.4) is 0 Å². The van der Waals surface area contributed by atoms with E-state index in [1.807, 2.05) is 0 Å². The van der Waals surface area contributed by atoms with Crippen molar-refractivity contribution in [2.24, 2.45) is 0 Å². The van der Waals surface area contributed by atoms with Crippen LogP contribution >= 0.6 is 0 Å². The normalized spacial score (nSPS) is 35.6. The lowest BCUT2D eigenvalue weighted by Crippen LogP contribution is -2.41. The number of hydrogen-bond donors (Lipinski definition) is 1. The minimum absolute atomic E-state index is 0.0665. The van der Waals surface area contributed by atoms with E-state index in [2.05, 4.69) is 4.98 Å². The predicted molar refractivity (Wildman–Crippen MR) is 98.1 cm³/mol. The number of H-pyrrole nitrogens is 1. The molecule has 6 atom stereocenters. The van der Waals surface area contributed by atoms with Crippen molar-refractivity contribution in [1.82, 2.24) is 9.55 Å². The van der Waals surface area contributed by atoms with E-state index in [0.717, 1.165) is 42.7 Å². The quantitative estimate of drug-likeness (QED) is 0.747. The van der Waals surface area contributed by atoms with Crippen LogP contribution in [0.2, 0.25) is 0 Å². The van der Waals surface area contributed by atoms with E-state index in [0.29, 0.717) is 19.6 Å². The summed E-state index contributed by atoms with van der Waals surface area (Å²) in [6.45, 7) is 1.26. The number of halogens is 1. The number of aromatic amines is 1. The van der Waals surface area contributed by atoms with Gasteiger partial charge in [0.25, 0.3) is 5.56 Å². The summed E-state index contributed by atoms with van der Waals surface area (Å²) in [7, 11) is 0. The second-order valence-corrected chi connectivity index (χ2v) is 7.55. The Morgan fingerprint density at radius 1 is 1.10 bits per heavy atom. The molecule has 0 aliphatic carbocycles. The topological polar surface area (TPSA) is 101 Å². The molecular weight excluding hydrogens is 387 g/mol. The maximum Gasteiger partial charge on any atom is 0.330 e. The highest BCUT2D eigenvalue weighted by molar-refractivity contribution is 4.94. The first-order valence-corrected chi connectivity index (χ1v) is 10.2. The van der Waals surface area contributed by atoms with Gasteiger partial charge in [0.15, 0.2) is 25.0 Å². The first kappa shape index (κ1) is 20.7. The van der Waals surface area contributed by atoms with Gasteiger partial charge in [-0.1, -0.05) is 0 Å². The zero-order chi connectivity index (χ0) is 20.2. The van der Waals surface area contributed by atoms with Gasteiger partial charge >= 0.3 is 5.69 Å². The molecule has 3 fully saturated rings. The number of aromatic nitrogens is 2. The van der Waals surface area contributed by atoms with Crippen LogP contribution in [-0.4, -0.2) is 60.3 Å². The lowest BCUT2D eigenvalue weighted by molar-refractivity contribution is -0.220. The van der Waals surface area contributed by atoms with Crippen LogP contribution in [-0.2, 0) is 23.7 Å². The molecule has 0 amide bonds. The molecular formula is C19H27FN2O7. The molecule has 0 spiro atoms. The Hall–Kier alpha value is -1.59. The van der Waals surface area contributed by atoms with E-state index in [9.17, 15) is 9.59 Å². The predicted octanol–water partition coefficient (Wildman–Crippen LogP) is 1.23. The molecule has 9 nitrogen and oxygen atoms in total. The maximum absolute atomic E-state index is 15.3. The molecule has 1 aromatic rings. The summed E-state index contributed by atoms with van der Waals surface area (Å²) in [6, 6.07) is 1.15. The average molecular weight is 414 g/mol. The summed E-state index contributed by atoms with van der Waals surface area (Å²) < 4.78 is 45.0. The number of ether oxygens (including phenoxy) is 5. The van der Waals surface area contributed by atoms with Crippen molar-refractivity contribution in [3.8, 4) is 0 Å². The van der Waals surface area contributed by atoms with E-state index in [-0.39, 0.29) is 12.9 Å². The van der Waals surface area contributed by atoms with Crippen molar-refractivity contribution >= 4 is 0 Å². The Kier molecular flexibility index (Phi) is 6.76. The highest BCUT2D eigenvalue weighted by atomic mass is 19.1. The Morgan fingerprint density at radius 3 is 2.48 bits per heavy atom. The molecule has 6 unspecified atom stereocenters. The van der Waals surface area contributed by atoms with Crippen molar-refractivity contribution < 1.29 is 28.1 Å². The second kappa shape index (κ2) is 9.48. The van der Waals surface area contributed by atoms with Crippen LogP contribution in [0.1, 0.15) is 44.8 Å². The van der Waals surface area contributed by atoms with Crippen molar-refractivity contribution in [3.63, 3.8) is 0 Å². The van der Waals surface area contributed by atoms with E-state index >= 15 is 4.39 Å². The average Bonchev–Trinajstić information content (AvgIpc) is 3.03. The fourth-order valence-corrected chi connectivity index (χ4v) is 3.88. The fraction of sp³-hybridized carbons (Fsp3) is 0.789. The number of nitrogens with one attached hydrogen (secondary N) is 1. The largest absolute Gasteiger partial charge is 0.353 e. The molecule has 0 aromatic carbocycles. The smallest absolute Gasteiger partial charge is 0.330 e. The number of rotatable bonds is 6. The fourth-order valence-electron chi connectivity index (χ4n) is 3.88. The molecule has 29 heavy (non-hydrogen) atoms. The van der Waals surface area contributed by atoms with Crippen LogP contribution in [0.5, 0.6) is 0 Å². The molecule has 3 aliphatic heterocycles.